The standard InChI is InChI=1S/C11H10ClFO2S/c1-7(5-12)6-16-10-4-8(11(14)15)2-3-9(10)13/h2-5H,6H2,1H3,(H,14,15)/b7-5-. The molecule has 16 heavy (non-hydrogen) atoms. The Bertz CT molecular complexity index is 432. The Morgan fingerprint density at radius 1 is 1.62 bits per heavy atom. The van der Waals surface area contributed by atoms with Crippen molar-refractivity contribution in [3.05, 3.63) is 40.7 Å². The molecule has 0 aliphatic carbocycles. The van der Waals surface area contributed by atoms with E-state index in [1.165, 1.54) is 29.4 Å². The zero-order valence-electron chi connectivity index (χ0n) is 8.54. The fourth-order valence-electron chi connectivity index (χ4n) is 0.970. The largest absolute Gasteiger partial charge is 0.478 e. The lowest BCUT2D eigenvalue weighted by molar-refractivity contribution is 0.0696. The minimum Gasteiger partial charge on any atom is -0.478 e. The van der Waals surface area contributed by atoms with Gasteiger partial charge in [-0.1, -0.05) is 17.2 Å². The molecule has 0 bridgehead atoms. The summed E-state index contributed by atoms with van der Waals surface area (Å²) in [7, 11) is 0. The summed E-state index contributed by atoms with van der Waals surface area (Å²) in [6, 6.07) is 3.72. The van der Waals surface area contributed by atoms with Crippen LogP contribution >= 0.6 is 23.4 Å². The van der Waals surface area contributed by atoms with Crippen LogP contribution < -0.4 is 0 Å². The van der Waals surface area contributed by atoms with Crippen molar-refractivity contribution in [1.82, 2.24) is 0 Å². The van der Waals surface area contributed by atoms with Crippen LogP contribution in [-0.4, -0.2) is 16.8 Å². The molecule has 0 unspecified atom stereocenters. The summed E-state index contributed by atoms with van der Waals surface area (Å²) in [5, 5.41) is 8.76. The van der Waals surface area contributed by atoms with Crippen molar-refractivity contribution in [2.75, 3.05) is 5.75 Å². The number of thioether (sulfide) groups is 1. The first-order valence-electron chi connectivity index (χ1n) is 4.46. The quantitative estimate of drug-likeness (QED) is 0.838. The van der Waals surface area contributed by atoms with Crippen molar-refractivity contribution in [3.63, 3.8) is 0 Å². The first kappa shape index (κ1) is 13.1. The maximum Gasteiger partial charge on any atom is 0.335 e. The fourth-order valence-corrected chi connectivity index (χ4v) is 2.02. The molecule has 1 aromatic rings. The Balaban J connectivity index is 2.86. The minimum absolute atomic E-state index is 0.0800. The third-order valence-electron chi connectivity index (χ3n) is 1.82. The molecule has 0 aliphatic rings. The number of rotatable bonds is 4. The average molecular weight is 261 g/mol. The van der Waals surface area contributed by atoms with Crippen LogP contribution in [0.5, 0.6) is 0 Å². The summed E-state index contributed by atoms with van der Waals surface area (Å²) < 4.78 is 13.3. The van der Waals surface area contributed by atoms with Gasteiger partial charge in [-0.05, 0) is 25.1 Å². The molecule has 0 amide bonds. The van der Waals surface area contributed by atoms with E-state index >= 15 is 0 Å². The van der Waals surface area contributed by atoms with Crippen LogP contribution in [0.25, 0.3) is 0 Å². The molecule has 2 nitrogen and oxygen atoms in total. The minimum atomic E-state index is -1.06. The van der Waals surface area contributed by atoms with Gasteiger partial charge in [0.25, 0.3) is 0 Å². The molecule has 1 aromatic carbocycles. The normalized spacial score (nSPS) is 11.6. The summed E-state index contributed by atoms with van der Waals surface area (Å²) >= 11 is 6.70. The van der Waals surface area contributed by atoms with Crippen molar-refractivity contribution in [3.8, 4) is 0 Å². The van der Waals surface area contributed by atoms with E-state index in [0.29, 0.717) is 10.6 Å². The van der Waals surface area contributed by atoms with Gasteiger partial charge in [0.15, 0.2) is 0 Å². The van der Waals surface area contributed by atoms with Crippen LogP contribution in [-0.2, 0) is 0 Å². The van der Waals surface area contributed by atoms with Gasteiger partial charge in [-0.2, -0.15) is 0 Å². The van der Waals surface area contributed by atoms with Crippen LogP contribution in [0.1, 0.15) is 17.3 Å². The summed E-state index contributed by atoms with van der Waals surface area (Å²) in [6.45, 7) is 1.82. The first-order chi connectivity index (χ1) is 7.54. The Hall–Kier alpha value is -1.00. The van der Waals surface area contributed by atoms with Crippen LogP contribution in [0.3, 0.4) is 0 Å². The highest BCUT2D eigenvalue weighted by molar-refractivity contribution is 7.99. The average Bonchev–Trinajstić information content (AvgIpc) is 2.27. The fraction of sp³-hybridized carbons (Fsp3) is 0.182. The molecule has 0 saturated heterocycles. The lowest BCUT2D eigenvalue weighted by Crippen LogP contribution is -1.97. The number of benzene rings is 1. The third kappa shape index (κ3) is 3.54. The number of hydrogen-bond acceptors (Lipinski definition) is 2. The van der Waals surface area contributed by atoms with E-state index in [1.54, 1.807) is 0 Å². The predicted octanol–water partition coefficient (Wildman–Crippen LogP) is 3.76. The van der Waals surface area contributed by atoms with Crippen molar-refractivity contribution in [2.24, 2.45) is 0 Å². The summed E-state index contributed by atoms with van der Waals surface area (Å²) in [6.07, 6.45) is 0. The van der Waals surface area contributed by atoms with Crippen LogP contribution in [0.15, 0.2) is 34.2 Å². The molecule has 1 N–H and O–H groups in total. The number of halogens is 2. The molecule has 5 heteroatoms. The lowest BCUT2D eigenvalue weighted by Gasteiger charge is -2.04. The SMILES string of the molecule is C/C(=C/Cl)CSc1cc(C(=O)O)ccc1F. The monoisotopic (exact) mass is 260 g/mol. The van der Waals surface area contributed by atoms with E-state index in [0.717, 1.165) is 11.6 Å². The highest BCUT2D eigenvalue weighted by atomic mass is 35.5. The number of carboxylic acids is 1. The van der Waals surface area contributed by atoms with E-state index in [9.17, 15) is 9.18 Å². The predicted molar refractivity (Wildman–Crippen MR) is 63.7 cm³/mol. The van der Waals surface area contributed by atoms with Gasteiger partial charge in [0, 0.05) is 16.2 Å². The summed E-state index contributed by atoms with van der Waals surface area (Å²) in [5.74, 6) is -0.951. The molecule has 0 fully saturated rings. The Kier molecular flexibility index (Phi) is 4.83. The van der Waals surface area contributed by atoms with Crippen LogP contribution in [0, 0.1) is 5.82 Å². The zero-order valence-corrected chi connectivity index (χ0v) is 10.1. The molecule has 1 rings (SSSR count). The van der Waals surface area contributed by atoms with Crippen LogP contribution in [0.2, 0.25) is 0 Å². The van der Waals surface area contributed by atoms with Crippen molar-refractivity contribution in [2.45, 2.75) is 11.8 Å². The van der Waals surface area contributed by atoms with E-state index in [2.05, 4.69) is 0 Å². The van der Waals surface area contributed by atoms with Crippen LogP contribution in [0.4, 0.5) is 4.39 Å². The van der Waals surface area contributed by atoms with Gasteiger partial charge >= 0.3 is 5.97 Å². The molecule has 0 heterocycles. The van der Waals surface area contributed by atoms with Gasteiger partial charge in [0.1, 0.15) is 5.82 Å². The van der Waals surface area contributed by atoms with E-state index < -0.39 is 11.8 Å². The van der Waals surface area contributed by atoms with Crippen molar-refractivity contribution in [1.29, 1.82) is 0 Å². The summed E-state index contributed by atoms with van der Waals surface area (Å²) in [5.41, 5.74) is 2.40. The summed E-state index contributed by atoms with van der Waals surface area (Å²) in [4.78, 5) is 11.0. The second-order valence-electron chi connectivity index (χ2n) is 3.19. The molecular weight excluding hydrogens is 251 g/mol. The highest BCUT2D eigenvalue weighted by Gasteiger charge is 2.08. The number of carbonyl (C=O) groups is 1. The molecule has 0 spiro atoms. The Morgan fingerprint density at radius 2 is 2.31 bits per heavy atom. The maximum absolute atomic E-state index is 13.3. The number of aromatic carboxylic acids is 1. The smallest absolute Gasteiger partial charge is 0.335 e. The topological polar surface area (TPSA) is 37.3 Å². The molecule has 0 atom stereocenters. The van der Waals surface area contributed by atoms with Gasteiger partial charge in [-0.15, -0.1) is 11.8 Å². The maximum atomic E-state index is 13.3. The molecule has 0 radical (unpaired) electrons. The Morgan fingerprint density at radius 3 is 2.88 bits per heavy atom. The second-order valence-corrected chi connectivity index (χ2v) is 4.43. The number of hydrogen-bond donors (Lipinski definition) is 1. The molecule has 86 valence electrons. The van der Waals surface area contributed by atoms with Gasteiger partial charge in [0.2, 0.25) is 0 Å². The van der Waals surface area contributed by atoms with Gasteiger partial charge < -0.3 is 5.11 Å². The number of carboxylic acid groups (broad SMARTS) is 1. The lowest BCUT2D eigenvalue weighted by atomic mass is 10.2. The van der Waals surface area contributed by atoms with E-state index in [1.807, 2.05) is 6.92 Å². The van der Waals surface area contributed by atoms with Crippen molar-refractivity contribution < 1.29 is 14.3 Å². The van der Waals surface area contributed by atoms with E-state index in [-0.39, 0.29) is 5.56 Å². The van der Waals surface area contributed by atoms with Gasteiger partial charge in [0.05, 0.1) is 5.56 Å². The third-order valence-corrected chi connectivity index (χ3v) is 3.42. The Labute approximate surface area is 102 Å². The van der Waals surface area contributed by atoms with Crippen molar-refractivity contribution >= 4 is 29.3 Å². The highest BCUT2D eigenvalue weighted by Crippen LogP contribution is 2.25. The van der Waals surface area contributed by atoms with Gasteiger partial charge in [-0.25, -0.2) is 9.18 Å². The first-order valence-corrected chi connectivity index (χ1v) is 5.88. The molecule has 0 saturated carbocycles. The molecule has 0 aliphatic heterocycles. The zero-order chi connectivity index (χ0) is 12.1. The molecular formula is C11H10ClFO2S. The second kappa shape index (κ2) is 5.92. The van der Waals surface area contributed by atoms with Gasteiger partial charge in [-0.3, -0.25) is 0 Å². The van der Waals surface area contributed by atoms with E-state index in [4.69, 9.17) is 16.7 Å². The molecule has 0 aromatic heterocycles.